The predicted molar refractivity (Wildman–Crippen MR) is 105 cm³/mol. The van der Waals surface area contributed by atoms with Crippen molar-refractivity contribution < 1.29 is 22.4 Å². The maximum atomic E-state index is 13.6. The summed E-state index contributed by atoms with van der Waals surface area (Å²) in [5.74, 6) is -0.573. The lowest BCUT2D eigenvalue weighted by atomic mass is 10.1. The van der Waals surface area contributed by atoms with Gasteiger partial charge >= 0.3 is 6.18 Å². The van der Waals surface area contributed by atoms with E-state index in [1.165, 1.54) is 31.2 Å². The van der Waals surface area contributed by atoms with Gasteiger partial charge in [-0.3, -0.25) is 9.69 Å². The molecule has 0 saturated carbocycles. The van der Waals surface area contributed by atoms with Gasteiger partial charge in [-0.2, -0.15) is 13.2 Å². The SMILES string of the molecule is CC(=O)Nc1ccc(F)cc1CCN1CCN(c2cccc(C(F)(F)F)c2)CC1. The number of carbonyl (C=O) groups excluding carboxylic acids is 1. The first-order valence-electron chi connectivity index (χ1n) is 9.43. The molecule has 2 aromatic rings. The number of nitrogens with zero attached hydrogens (tertiary/aromatic N) is 2. The predicted octanol–water partition coefficient (Wildman–Crippen LogP) is 4.17. The fourth-order valence-electron chi connectivity index (χ4n) is 3.47. The molecule has 0 radical (unpaired) electrons. The van der Waals surface area contributed by atoms with Gasteiger partial charge < -0.3 is 10.2 Å². The average Bonchev–Trinajstić information content (AvgIpc) is 2.68. The molecule has 156 valence electrons. The molecular formula is C21H23F4N3O. The van der Waals surface area contributed by atoms with E-state index in [2.05, 4.69) is 10.2 Å². The zero-order chi connectivity index (χ0) is 21.0. The Labute approximate surface area is 167 Å². The zero-order valence-corrected chi connectivity index (χ0v) is 16.1. The number of benzene rings is 2. The Morgan fingerprint density at radius 2 is 1.79 bits per heavy atom. The number of hydrogen-bond donors (Lipinski definition) is 1. The van der Waals surface area contributed by atoms with Crippen LogP contribution in [-0.4, -0.2) is 43.5 Å². The van der Waals surface area contributed by atoms with E-state index in [0.717, 1.165) is 11.6 Å². The van der Waals surface area contributed by atoms with E-state index in [9.17, 15) is 22.4 Å². The molecule has 0 spiro atoms. The molecule has 1 N–H and O–H groups in total. The van der Waals surface area contributed by atoms with Crippen LogP contribution in [0.1, 0.15) is 18.1 Å². The molecule has 4 nitrogen and oxygen atoms in total. The van der Waals surface area contributed by atoms with Crippen LogP contribution in [0.4, 0.5) is 28.9 Å². The lowest BCUT2D eigenvalue weighted by Gasteiger charge is -2.36. The van der Waals surface area contributed by atoms with Crippen LogP contribution in [0.25, 0.3) is 0 Å². The summed E-state index contributed by atoms with van der Waals surface area (Å²) in [5, 5.41) is 2.71. The van der Waals surface area contributed by atoms with Gasteiger partial charge in [0, 0.05) is 51.0 Å². The van der Waals surface area contributed by atoms with E-state index in [0.29, 0.717) is 50.5 Å². The summed E-state index contributed by atoms with van der Waals surface area (Å²) < 4.78 is 52.4. The molecule has 1 fully saturated rings. The first-order chi connectivity index (χ1) is 13.7. The second-order valence-corrected chi connectivity index (χ2v) is 7.11. The van der Waals surface area contributed by atoms with Crippen molar-refractivity contribution >= 4 is 17.3 Å². The van der Waals surface area contributed by atoms with E-state index < -0.39 is 11.7 Å². The van der Waals surface area contributed by atoms with Crippen LogP contribution in [0, 0.1) is 5.82 Å². The van der Waals surface area contributed by atoms with Gasteiger partial charge in [-0.15, -0.1) is 0 Å². The number of carbonyl (C=O) groups is 1. The highest BCUT2D eigenvalue weighted by Crippen LogP contribution is 2.32. The Kier molecular flexibility index (Phi) is 6.42. The maximum absolute atomic E-state index is 13.6. The van der Waals surface area contributed by atoms with Gasteiger partial charge in [0.2, 0.25) is 5.91 Å². The first kappa shape index (κ1) is 21.1. The van der Waals surface area contributed by atoms with Crippen LogP contribution in [0.5, 0.6) is 0 Å². The van der Waals surface area contributed by atoms with Crippen LogP contribution in [0.2, 0.25) is 0 Å². The van der Waals surface area contributed by atoms with Crippen molar-refractivity contribution in [1.82, 2.24) is 4.90 Å². The largest absolute Gasteiger partial charge is 0.416 e. The zero-order valence-electron chi connectivity index (χ0n) is 16.1. The van der Waals surface area contributed by atoms with Gasteiger partial charge in [-0.1, -0.05) is 6.07 Å². The Hall–Kier alpha value is -2.61. The highest BCUT2D eigenvalue weighted by Gasteiger charge is 2.31. The quantitative estimate of drug-likeness (QED) is 0.753. The third-order valence-corrected chi connectivity index (χ3v) is 4.99. The molecule has 1 aliphatic heterocycles. The lowest BCUT2D eigenvalue weighted by molar-refractivity contribution is -0.137. The van der Waals surface area contributed by atoms with E-state index in [4.69, 9.17) is 0 Å². The number of nitrogens with one attached hydrogen (secondary N) is 1. The van der Waals surface area contributed by atoms with E-state index >= 15 is 0 Å². The van der Waals surface area contributed by atoms with E-state index in [-0.39, 0.29) is 11.7 Å². The Bertz CT molecular complexity index is 861. The maximum Gasteiger partial charge on any atom is 0.416 e. The van der Waals surface area contributed by atoms with Crippen LogP contribution in [-0.2, 0) is 17.4 Å². The van der Waals surface area contributed by atoms with Gasteiger partial charge in [0.05, 0.1) is 5.56 Å². The number of alkyl halides is 3. The lowest BCUT2D eigenvalue weighted by Crippen LogP contribution is -2.47. The number of halogens is 4. The number of rotatable bonds is 5. The number of anilines is 2. The highest BCUT2D eigenvalue weighted by atomic mass is 19.4. The molecule has 1 heterocycles. The second kappa shape index (κ2) is 8.82. The molecule has 0 aliphatic carbocycles. The molecule has 0 aromatic heterocycles. The Balaban J connectivity index is 1.57. The van der Waals surface area contributed by atoms with Crippen LogP contribution in [0.3, 0.4) is 0 Å². The summed E-state index contributed by atoms with van der Waals surface area (Å²) in [6, 6.07) is 9.66. The summed E-state index contributed by atoms with van der Waals surface area (Å²) >= 11 is 0. The van der Waals surface area contributed by atoms with Crippen molar-refractivity contribution in [2.45, 2.75) is 19.5 Å². The molecule has 3 rings (SSSR count). The van der Waals surface area contributed by atoms with Crippen molar-refractivity contribution in [3.05, 3.63) is 59.4 Å². The third kappa shape index (κ3) is 5.69. The van der Waals surface area contributed by atoms with Crippen LogP contribution < -0.4 is 10.2 Å². The summed E-state index contributed by atoms with van der Waals surface area (Å²) in [7, 11) is 0. The molecule has 1 aliphatic rings. The summed E-state index contributed by atoms with van der Waals surface area (Å²) in [6.45, 7) is 4.70. The average molecular weight is 409 g/mol. The summed E-state index contributed by atoms with van der Waals surface area (Å²) in [6.07, 6.45) is -3.79. The van der Waals surface area contributed by atoms with Gasteiger partial charge in [0.25, 0.3) is 0 Å². The molecule has 1 saturated heterocycles. The standard InChI is InChI=1S/C21H23F4N3O/c1-15(29)26-20-6-5-18(22)13-16(20)7-8-27-9-11-28(12-10-27)19-4-2-3-17(14-19)21(23,24)25/h2-6,13-14H,7-12H2,1H3,(H,26,29). The monoisotopic (exact) mass is 409 g/mol. The number of hydrogen-bond acceptors (Lipinski definition) is 3. The van der Waals surface area contributed by atoms with Crippen LogP contribution >= 0.6 is 0 Å². The molecule has 8 heteroatoms. The van der Waals surface area contributed by atoms with Crippen molar-refractivity contribution in [3.63, 3.8) is 0 Å². The molecule has 0 bridgehead atoms. The Morgan fingerprint density at radius 1 is 1.07 bits per heavy atom. The highest BCUT2D eigenvalue weighted by molar-refractivity contribution is 5.89. The smallest absolute Gasteiger partial charge is 0.369 e. The molecular weight excluding hydrogens is 386 g/mol. The molecule has 0 unspecified atom stereocenters. The third-order valence-electron chi connectivity index (χ3n) is 4.99. The van der Waals surface area contributed by atoms with Gasteiger partial charge in [-0.05, 0) is 48.4 Å². The normalized spacial score (nSPS) is 15.4. The molecule has 0 atom stereocenters. The summed E-state index contributed by atoms with van der Waals surface area (Å²) in [5.41, 5.74) is 1.24. The molecule has 2 aromatic carbocycles. The molecule has 1 amide bonds. The number of piperazine rings is 1. The topological polar surface area (TPSA) is 35.6 Å². The van der Waals surface area contributed by atoms with E-state index in [1.54, 1.807) is 12.1 Å². The minimum atomic E-state index is -4.35. The first-order valence-corrected chi connectivity index (χ1v) is 9.43. The number of amides is 1. The fraction of sp³-hybridized carbons (Fsp3) is 0.381. The van der Waals surface area contributed by atoms with Crippen molar-refractivity contribution in [3.8, 4) is 0 Å². The van der Waals surface area contributed by atoms with Gasteiger partial charge in [-0.25, -0.2) is 4.39 Å². The van der Waals surface area contributed by atoms with Crippen LogP contribution in [0.15, 0.2) is 42.5 Å². The minimum absolute atomic E-state index is 0.215. The van der Waals surface area contributed by atoms with Crippen molar-refractivity contribution in [2.24, 2.45) is 0 Å². The summed E-state index contributed by atoms with van der Waals surface area (Å²) in [4.78, 5) is 15.5. The van der Waals surface area contributed by atoms with Gasteiger partial charge in [0.15, 0.2) is 0 Å². The second-order valence-electron chi connectivity index (χ2n) is 7.11. The van der Waals surface area contributed by atoms with E-state index in [1.807, 2.05) is 4.90 Å². The Morgan fingerprint density at radius 3 is 2.45 bits per heavy atom. The van der Waals surface area contributed by atoms with Crippen molar-refractivity contribution in [1.29, 1.82) is 0 Å². The van der Waals surface area contributed by atoms with Crippen molar-refractivity contribution in [2.75, 3.05) is 42.9 Å². The fourth-order valence-corrected chi connectivity index (χ4v) is 3.47. The van der Waals surface area contributed by atoms with Gasteiger partial charge in [0.1, 0.15) is 5.82 Å². The molecule has 29 heavy (non-hydrogen) atoms. The minimum Gasteiger partial charge on any atom is -0.369 e.